The van der Waals surface area contributed by atoms with Crippen LogP contribution in [0.5, 0.6) is 0 Å². The van der Waals surface area contributed by atoms with Crippen molar-refractivity contribution >= 4 is 27.9 Å². The number of aliphatic carboxylic acids is 1. The predicted octanol–water partition coefficient (Wildman–Crippen LogP) is 4.38. The SMILES string of the molecule is N[C@@H](Cc1ccc(Br)cc1)[C@H](C(=O)O)C(=O)OCC1c2ccccc2-c2ccccc21. The summed E-state index contributed by atoms with van der Waals surface area (Å²) in [5.74, 6) is -3.65. The number of carbonyl (C=O) groups is 2. The summed E-state index contributed by atoms with van der Waals surface area (Å²) in [7, 11) is 0. The molecule has 0 radical (unpaired) electrons. The number of rotatable bonds is 7. The van der Waals surface area contributed by atoms with E-state index in [1.165, 1.54) is 0 Å². The normalized spacial score (nSPS) is 14.4. The summed E-state index contributed by atoms with van der Waals surface area (Å²) in [6.45, 7) is 0.0711. The summed E-state index contributed by atoms with van der Waals surface area (Å²) < 4.78 is 6.45. The first-order chi connectivity index (χ1) is 15.0. The van der Waals surface area contributed by atoms with E-state index in [0.29, 0.717) is 0 Å². The molecule has 0 amide bonds. The lowest BCUT2D eigenvalue weighted by Crippen LogP contribution is -2.43. The van der Waals surface area contributed by atoms with Crippen LogP contribution in [0.3, 0.4) is 0 Å². The van der Waals surface area contributed by atoms with E-state index >= 15 is 0 Å². The third-order valence-electron chi connectivity index (χ3n) is 5.69. The lowest BCUT2D eigenvalue weighted by molar-refractivity contribution is -0.159. The molecule has 0 saturated carbocycles. The number of carboxylic acids is 1. The third-order valence-corrected chi connectivity index (χ3v) is 6.22. The highest BCUT2D eigenvalue weighted by Gasteiger charge is 2.36. The van der Waals surface area contributed by atoms with E-state index in [0.717, 1.165) is 32.3 Å². The van der Waals surface area contributed by atoms with Crippen molar-refractivity contribution in [1.29, 1.82) is 0 Å². The van der Waals surface area contributed by atoms with Crippen molar-refractivity contribution in [3.63, 3.8) is 0 Å². The smallest absolute Gasteiger partial charge is 0.321 e. The fourth-order valence-electron chi connectivity index (χ4n) is 4.16. The average molecular weight is 480 g/mol. The van der Waals surface area contributed by atoms with Gasteiger partial charge in [0.2, 0.25) is 0 Å². The maximum Gasteiger partial charge on any atom is 0.321 e. The average Bonchev–Trinajstić information content (AvgIpc) is 3.07. The van der Waals surface area contributed by atoms with Crippen LogP contribution in [-0.2, 0) is 20.7 Å². The van der Waals surface area contributed by atoms with Crippen molar-refractivity contribution in [3.05, 3.63) is 94.0 Å². The molecule has 0 fully saturated rings. The zero-order valence-electron chi connectivity index (χ0n) is 16.7. The lowest BCUT2D eigenvalue weighted by Gasteiger charge is -2.21. The summed E-state index contributed by atoms with van der Waals surface area (Å²) in [4.78, 5) is 24.6. The summed E-state index contributed by atoms with van der Waals surface area (Å²) in [6.07, 6.45) is 0.258. The van der Waals surface area contributed by atoms with Crippen LogP contribution in [0.2, 0.25) is 0 Å². The lowest BCUT2D eigenvalue weighted by atomic mass is 9.94. The van der Waals surface area contributed by atoms with E-state index < -0.39 is 23.9 Å². The molecule has 5 nitrogen and oxygen atoms in total. The van der Waals surface area contributed by atoms with Gasteiger partial charge in [-0.3, -0.25) is 9.59 Å². The minimum Gasteiger partial charge on any atom is -0.481 e. The molecular formula is C25H22BrNO4. The number of hydrogen-bond donors (Lipinski definition) is 2. The Bertz CT molecular complexity index is 1070. The highest BCUT2D eigenvalue weighted by Crippen LogP contribution is 2.44. The van der Waals surface area contributed by atoms with Gasteiger partial charge in [-0.25, -0.2) is 0 Å². The Morgan fingerprint density at radius 2 is 1.48 bits per heavy atom. The van der Waals surface area contributed by atoms with Crippen LogP contribution in [0.4, 0.5) is 0 Å². The first-order valence-electron chi connectivity index (χ1n) is 10.0. The van der Waals surface area contributed by atoms with E-state index in [2.05, 4.69) is 15.9 Å². The molecule has 3 aromatic rings. The van der Waals surface area contributed by atoms with Crippen molar-refractivity contribution in [1.82, 2.24) is 0 Å². The Labute approximate surface area is 189 Å². The molecule has 3 aromatic carbocycles. The van der Waals surface area contributed by atoms with Gasteiger partial charge >= 0.3 is 11.9 Å². The van der Waals surface area contributed by atoms with E-state index in [1.807, 2.05) is 72.8 Å². The van der Waals surface area contributed by atoms with Crippen molar-refractivity contribution in [2.45, 2.75) is 18.4 Å². The van der Waals surface area contributed by atoms with E-state index in [1.54, 1.807) is 0 Å². The molecule has 4 rings (SSSR count). The van der Waals surface area contributed by atoms with Crippen LogP contribution in [0.25, 0.3) is 11.1 Å². The monoisotopic (exact) mass is 479 g/mol. The zero-order chi connectivity index (χ0) is 22.0. The Morgan fingerprint density at radius 3 is 2.03 bits per heavy atom. The molecule has 0 bridgehead atoms. The molecule has 0 heterocycles. The van der Waals surface area contributed by atoms with Gasteiger partial charge in [-0.1, -0.05) is 76.6 Å². The second-order valence-corrected chi connectivity index (χ2v) is 8.58. The van der Waals surface area contributed by atoms with Crippen LogP contribution in [-0.4, -0.2) is 29.7 Å². The van der Waals surface area contributed by atoms with Crippen molar-refractivity contribution < 1.29 is 19.4 Å². The molecule has 6 heteroatoms. The number of benzene rings is 3. The van der Waals surface area contributed by atoms with Crippen LogP contribution >= 0.6 is 15.9 Å². The molecule has 31 heavy (non-hydrogen) atoms. The molecule has 1 aliphatic carbocycles. The van der Waals surface area contributed by atoms with Gasteiger partial charge in [-0.15, -0.1) is 0 Å². The summed E-state index contributed by atoms with van der Waals surface area (Å²) in [6, 6.07) is 22.5. The second kappa shape index (κ2) is 9.04. The fourth-order valence-corrected chi connectivity index (χ4v) is 4.43. The van der Waals surface area contributed by atoms with E-state index in [9.17, 15) is 14.7 Å². The highest BCUT2D eigenvalue weighted by atomic mass is 79.9. The van der Waals surface area contributed by atoms with E-state index in [-0.39, 0.29) is 18.9 Å². The van der Waals surface area contributed by atoms with Gasteiger partial charge in [0.1, 0.15) is 6.61 Å². The van der Waals surface area contributed by atoms with Crippen LogP contribution < -0.4 is 5.73 Å². The molecule has 1 aliphatic rings. The van der Waals surface area contributed by atoms with Gasteiger partial charge in [0.15, 0.2) is 5.92 Å². The van der Waals surface area contributed by atoms with Crippen LogP contribution in [0, 0.1) is 5.92 Å². The van der Waals surface area contributed by atoms with E-state index in [4.69, 9.17) is 10.5 Å². The van der Waals surface area contributed by atoms with Gasteiger partial charge in [-0.2, -0.15) is 0 Å². The van der Waals surface area contributed by atoms with Gasteiger partial charge in [-0.05, 0) is 46.4 Å². The first kappa shape index (κ1) is 21.3. The number of esters is 1. The molecule has 0 aromatic heterocycles. The molecular weight excluding hydrogens is 458 g/mol. The quantitative estimate of drug-likeness (QED) is 0.387. The maximum absolute atomic E-state index is 12.8. The first-order valence-corrected chi connectivity index (χ1v) is 10.8. The molecule has 0 unspecified atom stereocenters. The summed E-state index contributed by atoms with van der Waals surface area (Å²) in [5, 5.41) is 9.66. The molecule has 0 spiro atoms. The Hall–Kier alpha value is -2.96. The molecule has 3 N–H and O–H groups in total. The predicted molar refractivity (Wildman–Crippen MR) is 122 cm³/mol. The summed E-state index contributed by atoms with van der Waals surface area (Å²) >= 11 is 3.36. The highest BCUT2D eigenvalue weighted by molar-refractivity contribution is 9.10. The molecule has 0 saturated heterocycles. The van der Waals surface area contributed by atoms with Gasteiger partial charge in [0.25, 0.3) is 0 Å². The minimum absolute atomic E-state index is 0.0711. The number of ether oxygens (including phenoxy) is 1. The zero-order valence-corrected chi connectivity index (χ0v) is 18.3. The Morgan fingerprint density at radius 1 is 0.935 bits per heavy atom. The standard InChI is InChI=1S/C25H22BrNO4/c26-16-11-9-15(10-12-16)13-22(27)23(24(28)29)25(30)31-14-21-19-7-3-1-5-17(19)18-6-2-4-8-20(18)21/h1-12,21-23H,13-14,27H2,(H,28,29)/t22-,23+/m0/s1. The third kappa shape index (κ3) is 4.40. The van der Waals surface area contributed by atoms with Crippen LogP contribution in [0.1, 0.15) is 22.6 Å². The maximum atomic E-state index is 12.8. The summed E-state index contributed by atoms with van der Waals surface area (Å²) in [5.41, 5.74) is 11.4. The Kier molecular flexibility index (Phi) is 6.20. The minimum atomic E-state index is -1.43. The fraction of sp³-hybridized carbons (Fsp3) is 0.200. The second-order valence-electron chi connectivity index (χ2n) is 7.67. The number of nitrogens with two attached hydrogens (primary N) is 1. The van der Waals surface area contributed by atoms with Crippen molar-refractivity contribution in [2.24, 2.45) is 11.7 Å². The number of fused-ring (bicyclic) bond motifs is 3. The number of hydrogen-bond acceptors (Lipinski definition) is 4. The number of carboxylic acid groups (broad SMARTS) is 1. The van der Waals surface area contributed by atoms with Crippen molar-refractivity contribution in [2.75, 3.05) is 6.61 Å². The Balaban J connectivity index is 1.49. The number of carbonyl (C=O) groups excluding carboxylic acids is 1. The topological polar surface area (TPSA) is 89.6 Å². The van der Waals surface area contributed by atoms with Gasteiger partial charge in [0.05, 0.1) is 0 Å². The molecule has 2 atom stereocenters. The largest absolute Gasteiger partial charge is 0.481 e. The molecule has 0 aliphatic heterocycles. The molecule has 158 valence electrons. The van der Waals surface area contributed by atoms with Gasteiger partial charge in [0, 0.05) is 16.4 Å². The van der Waals surface area contributed by atoms with Crippen LogP contribution in [0.15, 0.2) is 77.3 Å². The number of halogens is 1. The van der Waals surface area contributed by atoms with Gasteiger partial charge < -0.3 is 15.6 Å². The van der Waals surface area contributed by atoms with Crippen molar-refractivity contribution in [3.8, 4) is 11.1 Å².